The van der Waals surface area contributed by atoms with Gasteiger partial charge in [-0.25, -0.2) is 14.5 Å². The number of nitrogens with zero attached hydrogens (tertiary/aromatic N) is 3. The molecule has 1 aromatic carbocycles. The van der Waals surface area contributed by atoms with Crippen LogP contribution in [0.4, 0.5) is 10.9 Å². The first-order valence-corrected chi connectivity index (χ1v) is 12.7. The molecule has 174 valence electrons. The lowest BCUT2D eigenvalue weighted by Crippen LogP contribution is -2.21. The van der Waals surface area contributed by atoms with E-state index in [0.717, 1.165) is 41.8 Å². The van der Waals surface area contributed by atoms with Crippen molar-refractivity contribution < 1.29 is 9.53 Å². The highest BCUT2D eigenvalue weighted by molar-refractivity contribution is 7.80. The Hall–Kier alpha value is -2.49. The van der Waals surface area contributed by atoms with E-state index in [0.29, 0.717) is 34.8 Å². The second-order valence-corrected chi connectivity index (χ2v) is 9.77. The number of halogens is 1. The molecule has 0 fully saturated rings. The maximum absolute atomic E-state index is 12.8. The molecule has 0 atom stereocenters. The molecule has 0 saturated heterocycles. The molecule has 1 aliphatic rings. The number of carbonyl (C=O) groups is 1. The first kappa shape index (κ1) is 23.7. The topological polar surface area (TPSA) is 81.1 Å². The Morgan fingerprint density at radius 2 is 2.06 bits per heavy atom. The van der Waals surface area contributed by atoms with Gasteiger partial charge in [0.25, 0.3) is 0 Å². The first-order chi connectivity index (χ1) is 16.0. The third-order valence-electron chi connectivity index (χ3n) is 5.37. The van der Waals surface area contributed by atoms with E-state index >= 15 is 0 Å². The number of ether oxygens (including phenoxy) is 1. The van der Waals surface area contributed by atoms with Crippen LogP contribution in [-0.4, -0.2) is 32.5 Å². The number of thiophene rings is 1. The van der Waals surface area contributed by atoms with Crippen molar-refractivity contribution in [2.24, 2.45) is 0 Å². The third-order valence-corrected chi connectivity index (χ3v) is 7.02. The van der Waals surface area contributed by atoms with Gasteiger partial charge >= 0.3 is 5.97 Å². The molecule has 33 heavy (non-hydrogen) atoms. The van der Waals surface area contributed by atoms with Crippen molar-refractivity contribution in [2.45, 2.75) is 52.0 Å². The van der Waals surface area contributed by atoms with Crippen LogP contribution in [-0.2, 0) is 24.1 Å². The van der Waals surface area contributed by atoms with Crippen molar-refractivity contribution in [1.29, 1.82) is 0 Å². The van der Waals surface area contributed by atoms with E-state index in [9.17, 15) is 4.79 Å². The number of benzene rings is 1. The fourth-order valence-electron chi connectivity index (χ4n) is 3.91. The van der Waals surface area contributed by atoms with Gasteiger partial charge in [0, 0.05) is 9.90 Å². The van der Waals surface area contributed by atoms with Crippen LogP contribution in [0.2, 0.25) is 5.02 Å². The Labute approximate surface area is 207 Å². The van der Waals surface area contributed by atoms with Crippen LogP contribution in [0.15, 0.2) is 30.6 Å². The van der Waals surface area contributed by atoms with Gasteiger partial charge < -0.3 is 10.1 Å². The van der Waals surface area contributed by atoms with Gasteiger partial charge in [-0.3, -0.25) is 5.32 Å². The Kier molecular flexibility index (Phi) is 7.95. The zero-order valence-corrected chi connectivity index (χ0v) is 20.8. The minimum atomic E-state index is -0.301. The van der Waals surface area contributed by atoms with Crippen molar-refractivity contribution in [1.82, 2.24) is 14.8 Å². The fourth-order valence-corrected chi connectivity index (χ4v) is 5.67. The van der Waals surface area contributed by atoms with Crippen LogP contribution in [0.3, 0.4) is 0 Å². The molecule has 0 bridgehead atoms. The van der Waals surface area contributed by atoms with Crippen LogP contribution in [0, 0.1) is 0 Å². The van der Waals surface area contributed by atoms with Gasteiger partial charge in [0.2, 0.25) is 5.95 Å². The number of aromatic nitrogens is 3. The van der Waals surface area contributed by atoms with Crippen molar-refractivity contribution in [3.63, 3.8) is 0 Å². The molecule has 2 aromatic heterocycles. The smallest absolute Gasteiger partial charge is 0.341 e. The van der Waals surface area contributed by atoms with Crippen LogP contribution in [0.25, 0.3) is 0 Å². The molecule has 1 aliphatic carbocycles. The van der Waals surface area contributed by atoms with E-state index in [1.165, 1.54) is 17.7 Å². The number of aryl methyl sites for hydroxylation is 1. The van der Waals surface area contributed by atoms with Gasteiger partial charge in [0.1, 0.15) is 11.3 Å². The monoisotopic (exact) mass is 503 g/mol. The lowest BCUT2D eigenvalue weighted by atomic mass is 9.96. The highest BCUT2D eigenvalue weighted by Crippen LogP contribution is 2.37. The standard InChI is InChI=1S/C23H26ClN5O2S2/c1-2-31-21(30)19-17-10-5-3-4-6-11-18(17)33-20(19)26-23(32)27-22-25-14-29(28-22)13-15-8-7-9-16(24)12-15/h7-9,12,14H,2-6,10-11,13H2,1H3,(H2,26,27,28,32). The number of anilines is 2. The molecule has 2 heterocycles. The average molecular weight is 504 g/mol. The largest absolute Gasteiger partial charge is 0.462 e. The number of esters is 1. The highest BCUT2D eigenvalue weighted by atomic mass is 35.5. The SMILES string of the molecule is CCOC(=O)c1c(NC(=S)Nc2ncn(Cc3cccc(Cl)c3)n2)sc2c1CCCCCC2. The molecule has 7 nitrogen and oxygen atoms in total. The van der Waals surface area contributed by atoms with Gasteiger partial charge in [-0.2, -0.15) is 0 Å². The van der Waals surface area contributed by atoms with E-state index < -0.39 is 0 Å². The van der Waals surface area contributed by atoms with Crippen molar-refractivity contribution in [3.05, 3.63) is 57.2 Å². The molecular weight excluding hydrogens is 478 g/mol. The lowest BCUT2D eigenvalue weighted by Gasteiger charge is -2.12. The Bertz CT molecular complexity index is 1140. The Balaban J connectivity index is 1.47. The lowest BCUT2D eigenvalue weighted by molar-refractivity contribution is 0.0526. The normalized spacial score (nSPS) is 13.5. The molecule has 0 saturated carbocycles. The van der Waals surface area contributed by atoms with Crippen molar-refractivity contribution >= 4 is 57.2 Å². The van der Waals surface area contributed by atoms with Gasteiger partial charge in [-0.1, -0.05) is 36.6 Å². The summed E-state index contributed by atoms with van der Waals surface area (Å²) in [6.45, 7) is 2.69. The molecule has 3 aromatic rings. The molecule has 0 spiro atoms. The minimum absolute atomic E-state index is 0.301. The molecule has 0 aliphatic heterocycles. The van der Waals surface area contributed by atoms with Crippen LogP contribution >= 0.6 is 35.2 Å². The predicted octanol–water partition coefficient (Wildman–Crippen LogP) is 5.69. The summed E-state index contributed by atoms with van der Waals surface area (Å²) in [5.41, 5.74) is 2.74. The van der Waals surface area contributed by atoms with Crippen LogP contribution in [0.1, 0.15) is 59.0 Å². The van der Waals surface area contributed by atoms with E-state index in [1.807, 2.05) is 31.2 Å². The quantitative estimate of drug-likeness (QED) is 0.330. The zero-order chi connectivity index (χ0) is 23.2. The van der Waals surface area contributed by atoms with Gasteiger partial charge in [0.15, 0.2) is 5.11 Å². The zero-order valence-electron chi connectivity index (χ0n) is 18.4. The molecule has 10 heteroatoms. The summed E-state index contributed by atoms with van der Waals surface area (Å²) in [5, 5.41) is 12.4. The molecule has 0 unspecified atom stereocenters. The Morgan fingerprint density at radius 1 is 1.24 bits per heavy atom. The summed E-state index contributed by atoms with van der Waals surface area (Å²) in [6.07, 6.45) is 8.11. The van der Waals surface area contributed by atoms with Crippen molar-refractivity contribution in [3.8, 4) is 0 Å². The predicted molar refractivity (Wildman–Crippen MR) is 137 cm³/mol. The fraction of sp³-hybridized carbons (Fsp3) is 0.391. The first-order valence-electron chi connectivity index (χ1n) is 11.1. The number of nitrogens with one attached hydrogen (secondary N) is 2. The van der Waals surface area contributed by atoms with Gasteiger partial charge in [-0.15, -0.1) is 16.4 Å². The van der Waals surface area contributed by atoms with Crippen LogP contribution in [0.5, 0.6) is 0 Å². The number of hydrogen-bond acceptors (Lipinski definition) is 6. The minimum Gasteiger partial charge on any atom is -0.462 e. The third kappa shape index (κ3) is 6.10. The Morgan fingerprint density at radius 3 is 2.85 bits per heavy atom. The summed E-state index contributed by atoms with van der Waals surface area (Å²) in [4.78, 5) is 18.3. The summed E-state index contributed by atoms with van der Waals surface area (Å²) < 4.78 is 7.07. The number of rotatable bonds is 6. The summed E-state index contributed by atoms with van der Waals surface area (Å²) in [5.74, 6) is 0.0759. The summed E-state index contributed by atoms with van der Waals surface area (Å²) in [6, 6.07) is 7.60. The van der Waals surface area contributed by atoms with E-state index in [1.54, 1.807) is 22.3 Å². The maximum Gasteiger partial charge on any atom is 0.341 e. The number of fused-ring (bicyclic) bond motifs is 1. The molecule has 0 radical (unpaired) electrons. The molecule has 2 N–H and O–H groups in total. The molecule has 0 amide bonds. The van der Waals surface area contributed by atoms with Gasteiger partial charge in [0.05, 0.1) is 18.7 Å². The summed E-state index contributed by atoms with van der Waals surface area (Å²) in [7, 11) is 0. The van der Waals surface area contributed by atoms with Gasteiger partial charge in [-0.05, 0) is 68.1 Å². The highest BCUT2D eigenvalue weighted by Gasteiger charge is 2.25. The second-order valence-electron chi connectivity index (χ2n) is 7.82. The number of carbonyl (C=O) groups excluding carboxylic acids is 1. The number of hydrogen-bond donors (Lipinski definition) is 2. The average Bonchev–Trinajstić information content (AvgIpc) is 3.32. The summed E-state index contributed by atoms with van der Waals surface area (Å²) >= 11 is 13.2. The maximum atomic E-state index is 12.8. The van der Waals surface area contributed by atoms with Crippen molar-refractivity contribution in [2.75, 3.05) is 17.2 Å². The molecular formula is C23H26ClN5O2S2. The van der Waals surface area contributed by atoms with Crippen LogP contribution < -0.4 is 10.6 Å². The van der Waals surface area contributed by atoms with E-state index in [4.69, 9.17) is 28.6 Å². The number of thiocarbonyl (C=S) groups is 1. The van der Waals surface area contributed by atoms with E-state index in [-0.39, 0.29) is 5.97 Å². The molecule has 4 rings (SSSR count). The van der Waals surface area contributed by atoms with E-state index in [2.05, 4.69) is 20.7 Å². The second kappa shape index (κ2) is 11.1.